The molecule has 1 atom stereocenters. The Morgan fingerprint density at radius 3 is 2.24 bits per heavy atom. The minimum absolute atomic E-state index is 0. The molecule has 3 nitrogen and oxygen atoms in total. The minimum Gasteiger partial charge on any atom is -1.00 e. The van der Waals surface area contributed by atoms with Crippen LogP contribution in [0.3, 0.4) is 0 Å². The molecule has 0 radical (unpaired) electrons. The molecule has 33 heavy (non-hydrogen) atoms. The molecule has 0 aliphatic carbocycles. The maximum atomic E-state index is 14.8. The van der Waals surface area contributed by atoms with Crippen molar-refractivity contribution < 1.29 is 30.8 Å². The van der Waals surface area contributed by atoms with Crippen LogP contribution < -0.4 is 21.9 Å². The van der Waals surface area contributed by atoms with E-state index in [9.17, 15) is 4.39 Å². The standard InChI is InChI=1S/C28H37FNO2.ClH/c1-3-4-5-6-7-8-9-10-11-15-25-23-19-28-27(31-20-32-28)18-22(23)17-21(2)30(25)26-16-13-12-14-24(26)29;/h12-14,16,18-19,21H,3-11,15,17,20H2,1-2H3;1H/q+1;/p-1. The van der Waals surface area contributed by atoms with E-state index in [1.807, 2.05) is 12.1 Å². The Bertz CT molecular complexity index is 959. The van der Waals surface area contributed by atoms with Crippen LogP contribution in [0.5, 0.6) is 11.5 Å². The fraction of sp³-hybridized carbons (Fsp3) is 0.536. The zero-order valence-electron chi connectivity index (χ0n) is 20.0. The molecule has 2 heterocycles. The van der Waals surface area contributed by atoms with E-state index in [-0.39, 0.29) is 31.1 Å². The molecule has 180 valence electrons. The Kier molecular flexibility index (Phi) is 9.61. The molecule has 0 bridgehead atoms. The molecule has 2 aliphatic rings. The van der Waals surface area contributed by atoms with Gasteiger partial charge in [0.15, 0.2) is 29.1 Å². The van der Waals surface area contributed by atoms with Gasteiger partial charge in [-0.1, -0.05) is 70.4 Å². The highest BCUT2D eigenvalue weighted by molar-refractivity contribution is 6.00. The molecule has 5 heteroatoms. The van der Waals surface area contributed by atoms with Crippen LogP contribution in [0.2, 0.25) is 0 Å². The lowest BCUT2D eigenvalue weighted by Crippen LogP contribution is -3.00. The van der Waals surface area contributed by atoms with Crippen molar-refractivity contribution in [3.05, 3.63) is 53.3 Å². The van der Waals surface area contributed by atoms with Gasteiger partial charge >= 0.3 is 0 Å². The van der Waals surface area contributed by atoms with Gasteiger partial charge in [0.2, 0.25) is 12.5 Å². The molecule has 0 N–H and O–H groups in total. The van der Waals surface area contributed by atoms with Gasteiger partial charge in [-0.05, 0) is 37.1 Å². The fourth-order valence-electron chi connectivity index (χ4n) is 5.12. The normalized spacial score (nSPS) is 16.5. The third-order valence-corrected chi connectivity index (χ3v) is 6.79. The number of halogens is 2. The van der Waals surface area contributed by atoms with Crippen molar-refractivity contribution in [2.75, 3.05) is 6.79 Å². The van der Waals surface area contributed by atoms with Crippen LogP contribution in [-0.4, -0.2) is 23.1 Å². The Balaban J connectivity index is 0.00000306. The summed E-state index contributed by atoms with van der Waals surface area (Å²) in [5.41, 5.74) is 4.36. The predicted molar refractivity (Wildman–Crippen MR) is 128 cm³/mol. The Hall–Kier alpha value is -2.07. The quantitative estimate of drug-likeness (QED) is 0.352. The lowest BCUT2D eigenvalue weighted by Gasteiger charge is -2.24. The van der Waals surface area contributed by atoms with Gasteiger partial charge in [0.05, 0.1) is 0 Å². The van der Waals surface area contributed by atoms with E-state index in [0.29, 0.717) is 5.69 Å². The van der Waals surface area contributed by atoms with Crippen molar-refractivity contribution in [1.82, 2.24) is 0 Å². The van der Waals surface area contributed by atoms with Crippen LogP contribution in [0.4, 0.5) is 10.1 Å². The van der Waals surface area contributed by atoms with Crippen LogP contribution in [0.25, 0.3) is 0 Å². The van der Waals surface area contributed by atoms with E-state index in [0.717, 1.165) is 30.8 Å². The highest BCUT2D eigenvalue weighted by atomic mass is 35.5. The summed E-state index contributed by atoms with van der Waals surface area (Å²) in [5.74, 6) is 1.47. The summed E-state index contributed by atoms with van der Waals surface area (Å²) in [6.07, 6.45) is 13.5. The number of benzene rings is 2. The van der Waals surface area contributed by atoms with E-state index in [2.05, 4.69) is 30.6 Å². The molecule has 0 saturated heterocycles. The summed E-state index contributed by atoms with van der Waals surface area (Å²) in [4.78, 5) is 0. The molecule has 0 fully saturated rings. The van der Waals surface area contributed by atoms with Gasteiger partial charge in [-0.25, -0.2) is 0 Å². The van der Waals surface area contributed by atoms with Gasteiger partial charge < -0.3 is 21.9 Å². The topological polar surface area (TPSA) is 21.5 Å². The van der Waals surface area contributed by atoms with E-state index < -0.39 is 0 Å². The zero-order chi connectivity index (χ0) is 22.3. The SMILES string of the molecule is CCCCCCCCCCCC1=[N+](c2ccccc2F)C(C)Cc2cc3c(cc21)OCO3.[Cl-]. The number of hydrogen-bond acceptors (Lipinski definition) is 2. The van der Waals surface area contributed by atoms with Gasteiger partial charge in [-0.15, -0.1) is 0 Å². The average Bonchev–Trinajstić information content (AvgIpc) is 3.24. The summed E-state index contributed by atoms with van der Waals surface area (Å²) in [6, 6.07) is 11.6. The number of ether oxygens (including phenoxy) is 2. The summed E-state index contributed by atoms with van der Waals surface area (Å²) >= 11 is 0. The first-order chi connectivity index (χ1) is 15.7. The van der Waals surface area contributed by atoms with Gasteiger partial charge in [-0.3, -0.25) is 0 Å². The minimum atomic E-state index is -0.159. The average molecular weight is 474 g/mol. The maximum Gasteiger partial charge on any atom is 0.241 e. The summed E-state index contributed by atoms with van der Waals surface area (Å²) in [5, 5.41) is 0. The van der Waals surface area contributed by atoms with Crippen molar-refractivity contribution in [3.8, 4) is 11.5 Å². The van der Waals surface area contributed by atoms with Crippen molar-refractivity contribution in [2.45, 2.75) is 90.5 Å². The number of rotatable bonds is 11. The maximum absolute atomic E-state index is 14.8. The number of fused-ring (bicyclic) bond motifs is 2. The summed E-state index contributed by atoms with van der Waals surface area (Å²) in [7, 11) is 0. The molecule has 0 saturated carbocycles. The Labute approximate surface area is 204 Å². The number of nitrogens with zero attached hydrogens (tertiary/aromatic N) is 1. The molecule has 2 aromatic rings. The molecule has 0 amide bonds. The number of unbranched alkanes of at least 4 members (excludes halogenated alkanes) is 8. The fourth-order valence-corrected chi connectivity index (χ4v) is 5.12. The zero-order valence-corrected chi connectivity index (χ0v) is 20.8. The van der Waals surface area contributed by atoms with Gasteiger partial charge in [-0.2, -0.15) is 8.97 Å². The summed E-state index contributed by atoms with van der Waals surface area (Å²) in [6.45, 7) is 4.73. The second kappa shape index (κ2) is 12.4. The van der Waals surface area contributed by atoms with Crippen molar-refractivity contribution in [3.63, 3.8) is 0 Å². The lowest BCUT2D eigenvalue weighted by atomic mass is 9.89. The molecule has 1 unspecified atom stereocenters. The smallest absolute Gasteiger partial charge is 0.241 e. The van der Waals surface area contributed by atoms with Crippen LogP contribution >= 0.6 is 0 Å². The highest BCUT2D eigenvalue weighted by Gasteiger charge is 2.35. The Morgan fingerprint density at radius 2 is 1.55 bits per heavy atom. The molecule has 0 spiro atoms. The largest absolute Gasteiger partial charge is 1.00 e. The monoisotopic (exact) mass is 473 g/mol. The van der Waals surface area contributed by atoms with E-state index in [1.165, 1.54) is 68.2 Å². The van der Waals surface area contributed by atoms with Crippen LogP contribution in [0.15, 0.2) is 36.4 Å². The second-order valence-electron chi connectivity index (χ2n) is 9.26. The third kappa shape index (κ3) is 6.09. The molecule has 0 aromatic heterocycles. The van der Waals surface area contributed by atoms with Gasteiger partial charge in [0, 0.05) is 24.5 Å². The lowest BCUT2D eigenvalue weighted by molar-refractivity contribution is -0.485. The predicted octanol–water partition coefficient (Wildman–Crippen LogP) is 4.56. The van der Waals surface area contributed by atoms with Crippen molar-refractivity contribution in [1.29, 1.82) is 0 Å². The molecular formula is C28H37ClFNO2. The molecule has 4 rings (SSSR count). The van der Waals surface area contributed by atoms with Crippen LogP contribution in [0, 0.1) is 5.82 Å². The molecule has 2 aliphatic heterocycles. The van der Waals surface area contributed by atoms with Crippen LogP contribution in [0.1, 0.15) is 89.2 Å². The van der Waals surface area contributed by atoms with E-state index in [1.54, 1.807) is 12.1 Å². The van der Waals surface area contributed by atoms with Crippen molar-refractivity contribution >= 4 is 11.4 Å². The Morgan fingerprint density at radius 1 is 0.909 bits per heavy atom. The molecule has 2 aromatic carbocycles. The highest BCUT2D eigenvalue weighted by Crippen LogP contribution is 2.39. The molecular weight excluding hydrogens is 437 g/mol. The van der Waals surface area contributed by atoms with Gasteiger partial charge in [0.25, 0.3) is 0 Å². The number of para-hydroxylation sites is 1. The van der Waals surface area contributed by atoms with Crippen LogP contribution in [-0.2, 0) is 6.42 Å². The first-order valence-electron chi connectivity index (χ1n) is 12.5. The second-order valence-corrected chi connectivity index (χ2v) is 9.26. The third-order valence-electron chi connectivity index (χ3n) is 6.79. The first kappa shape index (κ1) is 25.6. The van der Waals surface area contributed by atoms with Crippen molar-refractivity contribution in [2.24, 2.45) is 0 Å². The van der Waals surface area contributed by atoms with Gasteiger partial charge in [0.1, 0.15) is 0 Å². The van der Waals surface area contributed by atoms with E-state index in [4.69, 9.17) is 9.47 Å². The first-order valence-corrected chi connectivity index (χ1v) is 12.5. The summed E-state index contributed by atoms with van der Waals surface area (Å²) < 4.78 is 28.4. The van der Waals surface area contributed by atoms with E-state index >= 15 is 0 Å². The number of hydrogen-bond donors (Lipinski definition) is 0.